The highest BCUT2D eigenvalue weighted by Gasteiger charge is 2.47. The Morgan fingerprint density at radius 1 is 1.22 bits per heavy atom. The normalized spacial score (nSPS) is 33.8. The summed E-state index contributed by atoms with van der Waals surface area (Å²) in [6.07, 6.45) is 4.55. The minimum Gasteiger partial charge on any atom is -0.326 e. The number of carbonyl (C=O) groups is 1. The number of rotatable bonds is 2. The smallest absolute Gasteiger partial charge is 0.228 e. The average molecular weight is 242 g/mol. The first-order valence-electron chi connectivity index (χ1n) is 6.89. The highest BCUT2D eigenvalue weighted by molar-refractivity contribution is 5.99. The third-order valence-electron chi connectivity index (χ3n) is 4.93. The van der Waals surface area contributed by atoms with Crippen LogP contribution < -0.4 is 11.1 Å². The number of fused-ring (bicyclic) bond motifs is 2. The molecule has 3 N–H and O–H groups in total. The van der Waals surface area contributed by atoms with Gasteiger partial charge in [0, 0.05) is 11.7 Å². The van der Waals surface area contributed by atoms with Crippen molar-refractivity contribution in [3.8, 4) is 0 Å². The highest BCUT2D eigenvalue weighted by Crippen LogP contribution is 2.56. The lowest BCUT2D eigenvalue weighted by Crippen LogP contribution is -2.20. The van der Waals surface area contributed by atoms with Crippen LogP contribution in [0.25, 0.3) is 0 Å². The number of carbonyl (C=O) groups excluding carboxylic acids is 1. The lowest BCUT2D eigenvalue weighted by molar-refractivity contribution is -0.115. The van der Waals surface area contributed by atoms with Gasteiger partial charge in [0.15, 0.2) is 0 Å². The quantitative estimate of drug-likeness (QED) is 0.835. The largest absolute Gasteiger partial charge is 0.326 e. The van der Waals surface area contributed by atoms with Crippen LogP contribution in [0.3, 0.4) is 0 Å². The summed E-state index contributed by atoms with van der Waals surface area (Å²) < 4.78 is 0. The Morgan fingerprint density at radius 2 is 2.00 bits per heavy atom. The number of anilines is 1. The second-order valence-corrected chi connectivity index (χ2v) is 6.15. The molecule has 3 aliphatic rings. The van der Waals surface area contributed by atoms with Gasteiger partial charge < -0.3 is 11.1 Å². The van der Waals surface area contributed by atoms with Gasteiger partial charge in [-0.15, -0.1) is 0 Å². The van der Waals surface area contributed by atoms with E-state index < -0.39 is 0 Å². The Bertz CT molecular complexity index is 515. The van der Waals surface area contributed by atoms with Crippen LogP contribution >= 0.6 is 0 Å². The second kappa shape index (κ2) is 3.58. The van der Waals surface area contributed by atoms with Crippen molar-refractivity contribution in [1.82, 2.24) is 0 Å². The van der Waals surface area contributed by atoms with Crippen molar-refractivity contribution in [2.24, 2.45) is 23.5 Å². The molecule has 0 saturated heterocycles. The van der Waals surface area contributed by atoms with Crippen LogP contribution in [0.15, 0.2) is 18.2 Å². The lowest BCUT2D eigenvalue weighted by atomic mass is 9.89. The van der Waals surface area contributed by atoms with Crippen molar-refractivity contribution in [1.29, 1.82) is 0 Å². The summed E-state index contributed by atoms with van der Waals surface area (Å²) in [6, 6.07) is 6.37. The van der Waals surface area contributed by atoms with Crippen LogP contribution in [0.2, 0.25) is 0 Å². The van der Waals surface area contributed by atoms with Crippen molar-refractivity contribution in [3.63, 3.8) is 0 Å². The molecule has 3 atom stereocenters. The summed E-state index contributed by atoms with van der Waals surface area (Å²) >= 11 is 0. The molecular formula is C15H18N2O. The molecule has 1 aromatic rings. The number of hydrogen-bond donors (Lipinski definition) is 2. The highest BCUT2D eigenvalue weighted by atomic mass is 16.1. The molecule has 4 rings (SSSR count). The average Bonchev–Trinajstić information content (AvgIpc) is 2.82. The van der Waals surface area contributed by atoms with E-state index in [1.165, 1.54) is 24.8 Å². The van der Waals surface area contributed by atoms with E-state index in [1.807, 2.05) is 6.07 Å². The van der Waals surface area contributed by atoms with Crippen molar-refractivity contribution < 1.29 is 4.79 Å². The van der Waals surface area contributed by atoms with Gasteiger partial charge in [0.2, 0.25) is 5.91 Å². The van der Waals surface area contributed by atoms with Crippen LogP contribution in [0.5, 0.6) is 0 Å². The van der Waals surface area contributed by atoms with Crippen LogP contribution in [0.1, 0.15) is 36.4 Å². The number of benzene rings is 1. The molecule has 3 unspecified atom stereocenters. The standard InChI is InChI=1S/C15H18N2O/c16-15(12-5-9-4-10(9)6-12)8-1-2-13-11(3-8)7-14(18)17-13/h1-3,9-10,12,15H,4-7,16H2,(H,17,18). The van der Waals surface area contributed by atoms with Gasteiger partial charge in [-0.3, -0.25) is 4.79 Å². The van der Waals surface area contributed by atoms with E-state index in [4.69, 9.17) is 5.73 Å². The van der Waals surface area contributed by atoms with E-state index in [0.29, 0.717) is 12.3 Å². The number of amides is 1. The molecule has 18 heavy (non-hydrogen) atoms. The molecule has 0 radical (unpaired) electrons. The molecule has 1 amide bonds. The van der Waals surface area contributed by atoms with Crippen LogP contribution in [0, 0.1) is 17.8 Å². The Balaban J connectivity index is 1.57. The van der Waals surface area contributed by atoms with Gasteiger partial charge in [0.05, 0.1) is 6.42 Å². The molecule has 94 valence electrons. The Morgan fingerprint density at radius 3 is 2.78 bits per heavy atom. The molecule has 2 saturated carbocycles. The van der Waals surface area contributed by atoms with E-state index in [-0.39, 0.29) is 11.9 Å². The minimum atomic E-state index is 0.0952. The first kappa shape index (κ1) is 10.6. The Kier molecular flexibility index (Phi) is 2.10. The van der Waals surface area contributed by atoms with Crippen molar-refractivity contribution in [2.75, 3.05) is 5.32 Å². The van der Waals surface area contributed by atoms with Crippen molar-refractivity contribution in [3.05, 3.63) is 29.3 Å². The summed E-state index contributed by atoms with van der Waals surface area (Å²) in [5, 5.41) is 2.87. The predicted octanol–water partition coefficient (Wildman–Crippen LogP) is 2.23. The van der Waals surface area contributed by atoms with Crippen LogP contribution in [-0.2, 0) is 11.2 Å². The topological polar surface area (TPSA) is 55.1 Å². The lowest BCUT2D eigenvalue weighted by Gasteiger charge is -2.21. The molecular weight excluding hydrogens is 224 g/mol. The fourth-order valence-corrected chi connectivity index (χ4v) is 3.78. The van der Waals surface area contributed by atoms with Crippen LogP contribution in [-0.4, -0.2) is 5.91 Å². The van der Waals surface area contributed by atoms with E-state index in [1.54, 1.807) is 0 Å². The van der Waals surface area contributed by atoms with Gasteiger partial charge in [-0.05, 0) is 54.2 Å². The molecule has 0 bridgehead atoms. The molecule has 1 aliphatic heterocycles. The maximum atomic E-state index is 11.3. The van der Waals surface area contributed by atoms with Gasteiger partial charge in [0.25, 0.3) is 0 Å². The monoisotopic (exact) mass is 242 g/mol. The van der Waals surface area contributed by atoms with Gasteiger partial charge in [-0.1, -0.05) is 12.1 Å². The Labute approximate surface area is 107 Å². The summed E-state index contributed by atoms with van der Waals surface area (Å²) in [7, 11) is 0. The maximum Gasteiger partial charge on any atom is 0.228 e. The molecule has 3 nitrogen and oxygen atoms in total. The fraction of sp³-hybridized carbons (Fsp3) is 0.533. The SMILES string of the molecule is NC(c1ccc2c(c1)CC(=O)N2)C1CC2CC2C1. The molecule has 0 aromatic heterocycles. The predicted molar refractivity (Wildman–Crippen MR) is 70.0 cm³/mol. The van der Waals surface area contributed by atoms with Crippen molar-refractivity contribution in [2.45, 2.75) is 31.7 Å². The van der Waals surface area contributed by atoms with Gasteiger partial charge in [-0.25, -0.2) is 0 Å². The first-order valence-corrected chi connectivity index (χ1v) is 6.89. The molecule has 1 heterocycles. The number of nitrogens with one attached hydrogen (secondary N) is 1. The van der Waals surface area contributed by atoms with Crippen molar-refractivity contribution >= 4 is 11.6 Å². The minimum absolute atomic E-state index is 0.0952. The molecule has 1 aromatic carbocycles. The second-order valence-electron chi connectivity index (χ2n) is 6.15. The zero-order chi connectivity index (χ0) is 12.3. The molecule has 2 fully saturated rings. The molecule has 0 spiro atoms. The first-order chi connectivity index (χ1) is 8.70. The zero-order valence-corrected chi connectivity index (χ0v) is 10.4. The third-order valence-corrected chi connectivity index (χ3v) is 4.93. The third kappa shape index (κ3) is 1.57. The van der Waals surface area contributed by atoms with E-state index in [0.717, 1.165) is 23.1 Å². The van der Waals surface area contributed by atoms with E-state index in [2.05, 4.69) is 17.4 Å². The summed E-state index contributed by atoms with van der Waals surface area (Å²) in [5.41, 5.74) is 9.68. The summed E-state index contributed by atoms with van der Waals surface area (Å²) in [5.74, 6) is 2.69. The number of hydrogen-bond acceptors (Lipinski definition) is 2. The van der Waals surface area contributed by atoms with E-state index >= 15 is 0 Å². The Hall–Kier alpha value is -1.35. The fourth-order valence-electron chi connectivity index (χ4n) is 3.78. The number of nitrogens with two attached hydrogens (primary N) is 1. The molecule has 2 aliphatic carbocycles. The zero-order valence-electron chi connectivity index (χ0n) is 10.4. The summed E-state index contributed by atoms with van der Waals surface area (Å²) in [6.45, 7) is 0. The van der Waals surface area contributed by atoms with Gasteiger partial charge in [-0.2, -0.15) is 0 Å². The van der Waals surface area contributed by atoms with Crippen LogP contribution in [0.4, 0.5) is 5.69 Å². The molecule has 3 heteroatoms. The maximum absolute atomic E-state index is 11.3. The summed E-state index contributed by atoms with van der Waals surface area (Å²) in [4.78, 5) is 11.3. The van der Waals surface area contributed by atoms with Gasteiger partial charge in [0.1, 0.15) is 0 Å². The van der Waals surface area contributed by atoms with E-state index in [9.17, 15) is 4.79 Å². The van der Waals surface area contributed by atoms with Gasteiger partial charge >= 0.3 is 0 Å².